The van der Waals surface area contributed by atoms with E-state index in [1.807, 2.05) is 52.0 Å². The van der Waals surface area contributed by atoms with E-state index in [4.69, 9.17) is 9.47 Å². The SMILES string of the molecule is CC1C(Oc2cccc(-c3cccc(C=O)c3)n2)CCN1C(=O)OC(C)(C)C. The normalized spacial score (nSPS) is 19.4. The van der Waals surface area contributed by atoms with Gasteiger partial charge < -0.3 is 14.4 Å². The van der Waals surface area contributed by atoms with Gasteiger partial charge in [0.05, 0.1) is 11.7 Å². The molecule has 3 rings (SSSR count). The minimum Gasteiger partial charge on any atom is -0.472 e. The molecule has 1 aliphatic rings. The number of aldehydes is 1. The molecular weight excluding hydrogens is 356 g/mol. The molecule has 1 amide bonds. The summed E-state index contributed by atoms with van der Waals surface area (Å²) in [4.78, 5) is 29.7. The van der Waals surface area contributed by atoms with Gasteiger partial charge in [0.1, 0.15) is 18.0 Å². The summed E-state index contributed by atoms with van der Waals surface area (Å²) < 4.78 is 11.6. The average Bonchev–Trinajstić information content (AvgIpc) is 3.01. The highest BCUT2D eigenvalue weighted by molar-refractivity contribution is 5.78. The number of carbonyl (C=O) groups excluding carboxylic acids is 2. The molecule has 1 aliphatic heterocycles. The van der Waals surface area contributed by atoms with E-state index in [0.29, 0.717) is 24.4 Å². The Morgan fingerprint density at radius 2 is 1.96 bits per heavy atom. The highest BCUT2D eigenvalue weighted by Crippen LogP contribution is 2.26. The van der Waals surface area contributed by atoms with Crippen molar-refractivity contribution in [2.75, 3.05) is 6.54 Å². The number of aromatic nitrogens is 1. The van der Waals surface area contributed by atoms with Crippen LogP contribution in [0.3, 0.4) is 0 Å². The first-order valence-electron chi connectivity index (χ1n) is 9.46. The van der Waals surface area contributed by atoms with Gasteiger partial charge in [-0.1, -0.05) is 24.3 Å². The lowest BCUT2D eigenvalue weighted by atomic mass is 10.1. The summed E-state index contributed by atoms with van der Waals surface area (Å²) in [7, 11) is 0. The van der Waals surface area contributed by atoms with Crippen LogP contribution in [0.25, 0.3) is 11.3 Å². The van der Waals surface area contributed by atoms with Gasteiger partial charge in [0.15, 0.2) is 0 Å². The van der Waals surface area contributed by atoms with Crippen molar-refractivity contribution in [3.05, 3.63) is 48.0 Å². The monoisotopic (exact) mass is 382 g/mol. The molecule has 0 saturated carbocycles. The Hall–Kier alpha value is -2.89. The average molecular weight is 382 g/mol. The van der Waals surface area contributed by atoms with E-state index >= 15 is 0 Å². The Labute approximate surface area is 165 Å². The van der Waals surface area contributed by atoms with Crippen molar-refractivity contribution >= 4 is 12.4 Å². The largest absolute Gasteiger partial charge is 0.472 e. The summed E-state index contributed by atoms with van der Waals surface area (Å²) in [5.41, 5.74) is 1.66. The van der Waals surface area contributed by atoms with Crippen LogP contribution >= 0.6 is 0 Å². The zero-order valence-electron chi connectivity index (χ0n) is 16.7. The topological polar surface area (TPSA) is 68.7 Å². The predicted octanol–water partition coefficient (Wildman–Crippen LogP) is 4.34. The number of hydrogen-bond acceptors (Lipinski definition) is 5. The van der Waals surface area contributed by atoms with Crippen molar-refractivity contribution in [1.29, 1.82) is 0 Å². The maximum Gasteiger partial charge on any atom is 0.410 e. The van der Waals surface area contributed by atoms with Gasteiger partial charge in [-0.15, -0.1) is 0 Å². The van der Waals surface area contributed by atoms with Crippen LogP contribution in [-0.2, 0) is 4.74 Å². The van der Waals surface area contributed by atoms with Crippen LogP contribution in [0.2, 0.25) is 0 Å². The fourth-order valence-corrected chi connectivity index (χ4v) is 3.22. The van der Waals surface area contributed by atoms with Gasteiger partial charge >= 0.3 is 6.09 Å². The third-order valence-electron chi connectivity index (χ3n) is 4.63. The molecule has 28 heavy (non-hydrogen) atoms. The van der Waals surface area contributed by atoms with Gasteiger partial charge in [0, 0.05) is 30.2 Å². The molecule has 148 valence electrons. The van der Waals surface area contributed by atoms with Crippen molar-refractivity contribution in [1.82, 2.24) is 9.88 Å². The molecule has 0 N–H and O–H groups in total. The number of likely N-dealkylation sites (tertiary alicyclic amines) is 1. The number of amides is 1. The quantitative estimate of drug-likeness (QED) is 0.736. The minimum absolute atomic E-state index is 0.112. The third kappa shape index (κ3) is 4.68. The molecule has 2 atom stereocenters. The summed E-state index contributed by atoms with van der Waals surface area (Å²) in [5, 5.41) is 0. The first kappa shape index (κ1) is 19.9. The smallest absolute Gasteiger partial charge is 0.410 e. The molecule has 0 radical (unpaired) electrons. The lowest BCUT2D eigenvalue weighted by molar-refractivity contribution is 0.0190. The lowest BCUT2D eigenvalue weighted by Crippen LogP contribution is -2.42. The van der Waals surface area contributed by atoms with Crippen LogP contribution in [0.5, 0.6) is 5.88 Å². The molecule has 0 spiro atoms. The molecular formula is C22H26N2O4. The molecule has 1 aromatic heterocycles. The Morgan fingerprint density at radius 3 is 2.68 bits per heavy atom. The summed E-state index contributed by atoms with van der Waals surface area (Å²) in [6, 6.07) is 12.7. The van der Waals surface area contributed by atoms with Crippen LogP contribution in [0.1, 0.15) is 44.5 Å². The van der Waals surface area contributed by atoms with Crippen LogP contribution in [0.4, 0.5) is 4.79 Å². The Morgan fingerprint density at radius 1 is 1.21 bits per heavy atom. The number of nitrogens with zero attached hydrogens (tertiary/aromatic N) is 2. The van der Waals surface area contributed by atoms with E-state index in [1.165, 1.54) is 0 Å². The van der Waals surface area contributed by atoms with Gasteiger partial charge in [-0.3, -0.25) is 4.79 Å². The predicted molar refractivity (Wildman–Crippen MR) is 106 cm³/mol. The lowest BCUT2D eigenvalue weighted by Gasteiger charge is -2.28. The summed E-state index contributed by atoms with van der Waals surface area (Å²) >= 11 is 0. The number of carbonyl (C=O) groups is 2. The van der Waals surface area contributed by atoms with E-state index < -0.39 is 5.60 Å². The Balaban J connectivity index is 1.71. The standard InChI is InChI=1S/C22H26N2O4/c1-15-19(11-12-24(15)21(26)28-22(2,3)4)27-20-10-6-9-18(23-20)17-8-5-7-16(13-17)14-25/h5-10,13-15,19H,11-12H2,1-4H3. The molecule has 2 unspecified atom stereocenters. The third-order valence-corrected chi connectivity index (χ3v) is 4.63. The van der Waals surface area contributed by atoms with E-state index in [9.17, 15) is 9.59 Å². The molecule has 1 fully saturated rings. The number of benzene rings is 1. The molecule has 6 heteroatoms. The number of hydrogen-bond donors (Lipinski definition) is 0. The van der Waals surface area contributed by atoms with Gasteiger partial charge in [0.25, 0.3) is 0 Å². The summed E-state index contributed by atoms with van der Waals surface area (Å²) in [6.07, 6.45) is 1.05. The highest BCUT2D eigenvalue weighted by atomic mass is 16.6. The molecule has 6 nitrogen and oxygen atoms in total. The van der Waals surface area contributed by atoms with Gasteiger partial charge in [-0.2, -0.15) is 0 Å². The van der Waals surface area contributed by atoms with E-state index in [0.717, 1.165) is 17.5 Å². The first-order valence-corrected chi connectivity index (χ1v) is 9.46. The maximum absolute atomic E-state index is 12.4. The van der Waals surface area contributed by atoms with Gasteiger partial charge in [-0.05, 0) is 39.8 Å². The second-order valence-corrected chi connectivity index (χ2v) is 7.96. The maximum atomic E-state index is 12.4. The van der Waals surface area contributed by atoms with Crippen molar-refractivity contribution in [3.63, 3.8) is 0 Å². The van der Waals surface area contributed by atoms with Crippen molar-refractivity contribution in [3.8, 4) is 17.1 Å². The summed E-state index contributed by atoms with van der Waals surface area (Å²) in [6.45, 7) is 8.11. The van der Waals surface area contributed by atoms with Crippen LogP contribution in [0.15, 0.2) is 42.5 Å². The molecule has 1 aromatic carbocycles. The molecule has 1 saturated heterocycles. The van der Waals surface area contributed by atoms with E-state index in [2.05, 4.69) is 4.98 Å². The molecule has 0 bridgehead atoms. The van der Waals surface area contributed by atoms with Gasteiger partial charge in [0.2, 0.25) is 5.88 Å². The number of rotatable bonds is 4. The fourth-order valence-electron chi connectivity index (χ4n) is 3.22. The van der Waals surface area contributed by atoms with Crippen LogP contribution < -0.4 is 4.74 Å². The second kappa shape index (κ2) is 8.00. The van der Waals surface area contributed by atoms with Crippen molar-refractivity contribution in [2.45, 2.75) is 51.9 Å². The van der Waals surface area contributed by atoms with Crippen LogP contribution in [-0.4, -0.2) is 46.6 Å². The Kier molecular flexibility index (Phi) is 5.68. The first-order chi connectivity index (χ1) is 13.3. The molecule has 2 aromatic rings. The summed E-state index contributed by atoms with van der Waals surface area (Å²) in [5.74, 6) is 0.497. The van der Waals surface area contributed by atoms with Crippen molar-refractivity contribution in [2.24, 2.45) is 0 Å². The second-order valence-electron chi connectivity index (χ2n) is 7.96. The van der Waals surface area contributed by atoms with Gasteiger partial charge in [-0.25, -0.2) is 9.78 Å². The highest BCUT2D eigenvalue weighted by Gasteiger charge is 2.37. The van der Waals surface area contributed by atoms with E-state index in [-0.39, 0.29) is 18.2 Å². The zero-order valence-corrected chi connectivity index (χ0v) is 16.7. The number of ether oxygens (including phenoxy) is 2. The molecule has 0 aliphatic carbocycles. The molecule has 2 heterocycles. The van der Waals surface area contributed by atoms with E-state index in [1.54, 1.807) is 23.1 Å². The van der Waals surface area contributed by atoms with Crippen LogP contribution in [0, 0.1) is 0 Å². The van der Waals surface area contributed by atoms with Crippen molar-refractivity contribution < 1.29 is 19.1 Å². The number of pyridine rings is 1. The minimum atomic E-state index is -0.526. The fraction of sp³-hybridized carbons (Fsp3) is 0.409. The Bertz CT molecular complexity index is 860. The zero-order chi connectivity index (χ0) is 20.3.